The summed E-state index contributed by atoms with van der Waals surface area (Å²) in [7, 11) is 1.72. The molecular weight excluding hydrogens is 670 g/mol. The fourth-order valence-electron chi connectivity index (χ4n) is 6.52. The summed E-state index contributed by atoms with van der Waals surface area (Å²) in [4.78, 5) is 34.2. The number of amides is 1. The molecule has 1 aliphatic heterocycles. The molecule has 1 amide bonds. The first-order valence-corrected chi connectivity index (χ1v) is 17.2. The lowest BCUT2D eigenvalue weighted by Crippen LogP contribution is -2.32. The first-order chi connectivity index (χ1) is 25.9. The van der Waals surface area contributed by atoms with Crippen molar-refractivity contribution in [1.29, 1.82) is 0 Å². The Balaban J connectivity index is 1.01. The Bertz CT molecular complexity index is 2500. The molecule has 8 rings (SSSR count). The second-order valence-corrected chi connectivity index (χ2v) is 12.9. The standard InChI is InChI=1S/C41H35N7O5/c1-26-20-28-16-19-47(25-29(28)21-38(26)51-2)18-15-27-9-11-30(12-10-27)48-45-40(44-46-48)34-22-31(52-32-6-5-17-42-24-32)13-14-35(34)43-41(50)39-23-36(49)33-7-3-4-8-37(33)53-39/h3-14,17,20-24H,15-16,18-19,25H2,1-2H3,(H,43,50). The number of hydrogen-bond donors (Lipinski definition) is 1. The quantitative estimate of drug-likeness (QED) is 0.162. The molecule has 0 saturated carbocycles. The first kappa shape index (κ1) is 33.5. The van der Waals surface area contributed by atoms with Gasteiger partial charge in [-0.15, -0.1) is 15.0 Å². The third-order valence-electron chi connectivity index (χ3n) is 9.31. The smallest absolute Gasteiger partial charge is 0.291 e. The van der Waals surface area contributed by atoms with Crippen LogP contribution in [0.2, 0.25) is 0 Å². The molecule has 0 bridgehead atoms. The highest BCUT2D eigenvalue weighted by Gasteiger charge is 2.20. The zero-order valence-corrected chi connectivity index (χ0v) is 29.2. The van der Waals surface area contributed by atoms with Gasteiger partial charge in [-0.2, -0.15) is 0 Å². The van der Waals surface area contributed by atoms with E-state index in [2.05, 4.69) is 61.8 Å². The number of methoxy groups -OCH3 is 1. The third kappa shape index (κ3) is 7.26. The lowest BCUT2D eigenvalue weighted by Gasteiger charge is -2.29. The van der Waals surface area contributed by atoms with E-state index in [4.69, 9.17) is 13.9 Å². The number of para-hydroxylation sites is 1. The van der Waals surface area contributed by atoms with Gasteiger partial charge in [-0.25, -0.2) is 0 Å². The van der Waals surface area contributed by atoms with Crippen LogP contribution < -0.4 is 20.2 Å². The summed E-state index contributed by atoms with van der Waals surface area (Å²) in [6.07, 6.45) is 5.18. The van der Waals surface area contributed by atoms with Crippen molar-refractivity contribution in [3.05, 3.63) is 148 Å². The van der Waals surface area contributed by atoms with Crippen molar-refractivity contribution in [2.75, 3.05) is 25.5 Å². The number of aromatic nitrogens is 5. The second-order valence-electron chi connectivity index (χ2n) is 12.9. The second kappa shape index (κ2) is 14.5. The average molecular weight is 706 g/mol. The lowest BCUT2D eigenvalue weighted by molar-refractivity contribution is 0.0997. The summed E-state index contributed by atoms with van der Waals surface area (Å²) in [5, 5.41) is 16.6. The zero-order valence-electron chi connectivity index (χ0n) is 29.2. The van der Waals surface area contributed by atoms with Crippen LogP contribution in [-0.4, -0.2) is 56.2 Å². The summed E-state index contributed by atoms with van der Waals surface area (Å²) in [6.45, 7) is 4.96. The number of anilines is 1. The molecule has 0 aliphatic carbocycles. The number of nitrogens with one attached hydrogen (secondary N) is 1. The molecule has 0 atom stereocenters. The van der Waals surface area contributed by atoms with Crippen LogP contribution >= 0.6 is 0 Å². The van der Waals surface area contributed by atoms with Crippen molar-refractivity contribution in [3.63, 3.8) is 0 Å². The Labute approximate surface area is 304 Å². The molecule has 264 valence electrons. The summed E-state index contributed by atoms with van der Waals surface area (Å²) in [5.41, 5.74) is 6.66. The summed E-state index contributed by atoms with van der Waals surface area (Å²) < 4.78 is 17.4. The van der Waals surface area contributed by atoms with Gasteiger partial charge in [-0.1, -0.05) is 30.3 Å². The van der Waals surface area contributed by atoms with Gasteiger partial charge in [0, 0.05) is 31.9 Å². The maximum absolute atomic E-state index is 13.4. The number of carbonyl (C=O) groups excluding carboxylic acids is 1. The highest BCUT2D eigenvalue weighted by atomic mass is 16.5. The maximum Gasteiger partial charge on any atom is 0.291 e. The molecule has 0 fully saturated rings. The van der Waals surface area contributed by atoms with E-state index in [9.17, 15) is 9.59 Å². The molecule has 0 unspecified atom stereocenters. The zero-order chi connectivity index (χ0) is 36.3. The van der Waals surface area contributed by atoms with Crippen LogP contribution in [0.5, 0.6) is 17.2 Å². The number of benzene rings is 4. The molecule has 12 nitrogen and oxygen atoms in total. The van der Waals surface area contributed by atoms with Gasteiger partial charge < -0.3 is 19.2 Å². The molecule has 0 spiro atoms. The van der Waals surface area contributed by atoms with Gasteiger partial charge in [0.25, 0.3) is 5.91 Å². The average Bonchev–Trinajstić information content (AvgIpc) is 3.68. The molecular formula is C41H35N7O5. The van der Waals surface area contributed by atoms with Crippen molar-refractivity contribution in [2.45, 2.75) is 26.3 Å². The predicted molar refractivity (Wildman–Crippen MR) is 200 cm³/mol. The molecule has 7 aromatic rings. The Morgan fingerprint density at radius 1 is 0.943 bits per heavy atom. The van der Waals surface area contributed by atoms with Gasteiger partial charge >= 0.3 is 0 Å². The van der Waals surface area contributed by atoms with E-state index in [1.807, 2.05) is 12.1 Å². The van der Waals surface area contributed by atoms with Crippen LogP contribution in [0.1, 0.15) is 32.8 Å². The van der Waals surface area contributed by atoms with Crippen LogP contribution in [0.25, 0.3) is 28.0 Å². The fraction of sp³-hybridized carbons (Fsp3) is 0.171. The SMILES string of the molecule is COc1cc2c(cc1C)CCN(CCc1ccc(-n3nnc(-c4cc(Oc5cccnc5)ccc4NC(=O)c4cc(=O)c5ccccc5o4)n3)cc1)C2. The molecule has 4 heterocycles. The van der Waals surface area contributed by atoms with Crippen molar-refractivity contribution >= 4 is 22.6 Å². The largest absolute Gasteiger partial charge is 0.496 e. The van der Waals surface area contributed by atoms with Gasteiger partial charge in [0.05, 0.1) is 35.6 Å². The Morgan fingerprint density at radius 2 is 1.81 bits per heavy atom. The molecule has 12 heteroatoms. The fourth-order valence-corrected chi connectivity index (χ4v) is 6.52. The number of fused-ring (bicyclic) bond motifs is 2. The monoisotopic (exact) mass is 705 g/mol. The van der Waals surface area contributed by atoms with Crippen LogP contribution in [0, 0.1) is 6.92 Å². The number of hydrogen-bond acceptors (Lipinski definition) is 10. The summed E-state index contributed by atoms with van der Waals surface area (Å²) >= 11 is 0. The van der Waals surface area contributed by atoms with Crippen molar-refractivity contribution in [1.82, 2.24) is 30.1 Å². The highest BCUT2D eigenvalue weighted by Crippen LogP contribution is 2.33. The Hall–Kier alpha value is -6.66. The number of rotatable bonds is 10. The topological polar surface area (TPSA) is 138 Å². The van der Waals surface area contributed by atoms with E-state index >= 15 is 0 Å². The molecule has 53 heavy (non-hydrogen) atoms. The van der Waals surface area contributed by atoms with Crippen LogP contribution in [0.15, 0.2) is 119 Å². The minimum Gasteiger partial charge on any atom is -0.496 e. The van der Waals surface area contributed by atoms with Crippen LogP contribution in [0.4, 0.5) is 5.69 Å². The van der Waals surface area contributed by atoms with E-state index < -0.39 is 5.91 Å². The van der Waals surface area contributed by atoms with E-state index in [0.717, 1.165) is 43.9 Å². The maximum atomic E-state index is 13.4. The normalized spacial score (nSPS) is 12.7. The van der Waals surface area contributed by atoms with Gasteiger partial charge in [-0.05, 0) is 108 Å². The molecule has 1 aliphatic rings. The summed E-state index contributed by atoms with van der Waals surface area (Å²) in [6, 6.07) is 29.1. The Kier molecular flexibility index (Phi) is 9.18. The Morgan fingerprint density at radius 3 is 2.64 bits per heavy atom. The highest BCUT2D eigenvalue weighted by molar-refractivity contribution is 6.05. The van der Waals surface area contributed by atoms with Gasteiger partial charge in [0.2, 0.25) is 5.82 Å². The molecule has 4 aromatic carbocycles. The number of pyridine rings is 1. The van der Waals surface area contributed by atoms with Crippen molar-refractivity contribution < 1.29 is 18.7 Å². The van der Waals surface area contributed by atoms with Gasteiger partial charge in [-0.3, -0.25) is 19.5 Å². The minimum absolute atomic E-state index is 0.132. The lowest BCUT2D eigenvalue weighted by atomic mass is 9.96. The number of aryl methyl sites for hydroxylation is 1. The number of carbonyl (C=O) groups is 1. The number of nitrogens with zero attached hydrogens (tertiary/aromatic N) is 6. The van der Waals surface area contributed by atoms with Crippen LogP contribution in [-0.2, 0) is 19.4 Å². The summed E-state index contributed by atoms with van der Waals surface area (Å²) in [5.74, 6) is 1.45. The molecule has 1 N–H and O–H groups in total. The molecule has 3 aromatic heterocycles. The van der Waals surface area contributed by atoms with Crippen molar-refractivity contribution in [2.24, 2.45) is 0 Å². The first-order valence-electron chi connectivity index (χ1n) is 17.2. The number of tetrazole rings is 1. The van der Waals surface area contributed by atoms with E-state index in [0.29, 0.717) is 33.7 Å². The predicted octanol–water partition coefficient (Wildman–Crippen LogP) is 6.79. The van der Waals surface area contributed by atoms with Gasteiger partial charge in [0.15, 0.2) is 11.2 Å². The minimum atomic E-state index is -0.610. The van der Waals surface area contributed by atoms with E-state index in [1.165, 1.54) is 33.1 Å². The van der Waals surface area contributed by atoms with E-state index in [-0.39, 0.29) is 17.0 Å². The third-order valence-corrected chi connectivity index (χ3v) is 9.31. The van der Waals surface area contributed by atoms with Crippen molar-refractivity contribution in [3.8, 4) is 34.3 Å². The number of ether oxygens (including phenoxy) is 2. The van der Waals surface area contributed by atoms with Gasteiger partial charge in [0.1, 0.15) is 22.8 Å². The van der Waals surface area contributed by atoms with Crippen LogP contribution in [0.3, 0.4) is 0 Å². The van der Waals surface area contributed by atoms with E-state index in [1.54, 1.807) is 74.1 Å². The molecule has 0 radical (unpaired) electrons. The molecule has 0 saturated heterocycles.